The second kappa shape index (κ2) is 13.3. The Morgan fingerprint density at radius 1 is 1.20 bits per heavy atom. The maximum atomic E-state index is 13.7. The lowest BCUT2D eigenvalue weighted by molar-refractivity contribution is -0.199. The number of carbonyl (C=O) groups is 2. The van der Waals surface area contributed by atoms with E-state index in [0.717, 1.165) is 37.9 Å². The van der Waals surface area contributed by atoms with Gasteiger partial charge in [0.15, 0.2) is 0 Å². The molecule has 6 aliphatic rings. The van der Waals surface area contributed by atoms with E-state index in [9.17, 15) is 19.2 Å². The molecule has 7 rings (SSSR count). The molecule has 268 valence electrons. The molecule has 3 aliphatic heterocycles. The second-order valence-corrected chi connectivity index (χ2v) is 17.3. The predicted molar refractivity (Wildman–Crippen MR) is 188 cm³/mol. The van der Waals surface area contributed by atoms with Crippen molar-refractivity contribution in [3.05, 3.63) is 47.8 Å². The summed E-state index contributed by atoms with van der Waals surface area (Å²) in [6.07, 6.45) is 7.31. The summed E-state index contributed by atoms with van der Waals surface area (Å²) in [5.41, 5.74) is 0.527. The topological polar surface area (TPSA) is 104 Å². The number of nitrogens with zero attached hydrogens (tertiary/aromatic N) is 3. The van der Waals surface area contributed by atoms with Gasteiger partial charge in [-0.2, -0.15) is 5.26 Å². The highest BCUT2D eigenvalue weighted by Crippen LogP contribution is 2.65. The number of likely N-dealkylation sites (tertiary alicyclic amines) is 2. The van der Waals surface area contributed by atoms with Crippen LogP contribution < -0.4 is 5.32 Å². The molecule has 49 heavy (non-hydrogen) atoms. The average Bonchev–Trinajstić information content (AvgIpc) is 3.61. The van der Waals surface area contributed by atoms with E-state index in [-0.39, 0.29) is 42.2 Å². The fourth-order valence-corrected chi connectivity index (χ4v) is 9.15. The fourth-order valence-electron chi connectivity index (χ4n) is 9.15. The van der Waals surface area contributed by atoms with Crippen LogP contribution in [0.25, 0.3) is 0 Å². The summed E-state index contributed by atoms with van der Waals surface area (Å²) in [5, 5.41) is 13.0. The second-order valence-electron chi connectivity index (χ2n) is 17.3. The van der Waals surface area contributed by atoms with Crippen LogP contribution in [-0.2, 0) is 25.3 Å². The van der Waals surface area contributed by atoms with E-state index in [1.807, 2.05) is 6.08 Å². The van der Waals surface area contributed by atoms with E-state index < -0.39 is 36.8 Å². The molecule has 0 aromatic heterocycles. The standard InChI is InChI=1S/C38H54BFN4O5.H2/c1-35(2)16-18-44(24-35)36(3,4)15-14-26(22-41)33(45)43-17-8-9-29(23-43)47-34(46)42-32(19-25-10-12-28(40)13-11-25)39-48-31-21-27-20-30(37(27,5)6)38(31,7)49-39;/h10-15,26-27,29-32H,8-9,16-21,23-24H2,1-7H3,(H,42,46);1H/t26?,27?,29-,30?,31+,32-,38-;/m0./s1. The molecule has 3 unspecified atom stereocenters. The molecule has 1 aromatic rings. The van der Waals surface area contributed by atoms with Crippen LogP contribution in [0.5, 0.6) is 0 Å². The number of hydrogen-bond donors (Lipinski definition) is 1. The van der Waals surface area contributed by atoms with Crippen molar-refractivity contribution in [2.75, 3.05) is 26.2 Å². The highest BCUT2D eigenvalue weighted by atomic mass is 19.1. The highest BCUT2D eigenvalue weighted by Gasteiger charge is 2.68. The van der Waals surface area contributed by atoms with Gasteiger partial charge < -0.3 is 24.3 Å². The van der Waals surface area contributed by atoms with Gasteiger partial charge in [-0.1, -0.05) is 52.0 Å². The molecule has 11 heteroatoms. The third-order valence-corrected chi connectivity index (χ3v) is 12.5. The van der Waals surface area contributed by atoms with Crippen molar-refractivity contribution in [3.8, 4) is 6.07 Å². The van der Waals surface area contributed by atoms with Crippen molar-refractivity contribution < 1.29 is 29.5 Å². The Kier molecular flexibility index (Phi) is 9.75. The lowest BCUT2D eigenvalue weighted by atomic mass is 9.43. The third-order valence-electron chi connectivity index (χ3n) is 12.5. The summed E-state index contributed by atoms with van der Waals surface area (Å²) in [7, 11) is -0.689. The van der Waals surface area contributed by atoms with Gasteiger partial charge in [-0.15, -0.1) is 0 Å². The molecule has 3 aliphatic carbocycles. The molecule has 1 aromatic carbocycles. The zero-order valence-corrected chi connectivity index (χ0v) is 30.3. The van der Waals surface area contributed by atoms with E-state index in [1.54, 1.807) is 23.1 Å². The lowest BCUT2D eigenvalue weighted by Gasteiger charge is -2.64. The number of rotatable bonds is 9. The Bertz CT molecular complexity index is 1480. The fraction of sp³-hybridized carbons (Fsp3) is 0.711. The molecule has 0 radical (unpaired) electrons. The Balaban J connectivity index is 0.00000486. The summed E-state index contributed by atoms with van der Waals surface area (Å²) in [6.45, 7) is 18.2. The summed E-state index contributed by atoms with van der Waals surface area (Å²) >= 11 is 0. The van der Waals surface area contributed by atoms with Gasteiger partial charge in [0, 0.05) is 20.1 Å². The number of piperidine rings is 1. The number of halogens is 1. The Morgan fingerprint density at radius 3 is 2.59 bits per heavy atom. The van der Waals surface area contributed by atoms with Crippen LogP contribution in [0.2, 0.25) is 0 Å². The van der Waals surface area contributed by atoms with Gasteiger partial charge in [-0.25, -0.2) is 9.18 Å². The van der Waals surface area contributed by atoms with Gasteiger partial charge in [-0.05, 0) is 106 Å². The van der Waals surface area contributed by atoms with Crippen LogP contribution in [0.3, 0.4) is 0 Å². The van der Waals surface area contributed by atoms with Gasteiger partial charge in [0.2, 0.25) is 5.91 Å². The monoisotopic (exact) mass is 678 g/mol. The minimum atomic E-state index is -0.917. The molecular formula is C38H56BFN4O5. The number of ether oxygens (including phenoxy) is 1. The number of nitrogens with one attached hydrogen (secondary N) is 1. The number of benzene rings is 1. The van der Waals surface area contributed by atoms with E-state index in [0.29, 0.717) is 37.6 Å². The zero-order chi connectivity index (χ0) is 35.4. The first kappa shape index (κ1) is 35.9. The predicted octanol–water partition coefficient (Wildman–Crippen LogP) is 6.17. The lowest BCUT2D eigenvalue weighted by Crippen LogP contribution is -2.65. The molecule has 9 nitrogen and oxygen atoms in total. The van der Waals surface area contributed by atoms with Gasteiger partial charge in [0.1, 0.15) is 17.8 Å². The molecule has 6 fully saturated rings. The number of alkyl carbamates (subject to hydrolysis) is 1. The van der Waals surface area contributed by atoms with Crippen molar-refractivity contribution in [2.24, 2.45) is 28.6 Å². The molecule has 2 amide bonds. The van der Waals surface area contributed by atoms with Crippen LogP contribution in [0.4, 0.5) is 9.18 Å². The van der Waals surface area contributed by atoms with Crippen molar-refractivity contribution in [1.29, 1.82) is 5.26 Å². The van der Waals surface area contributed by atoms with Crippen LogP contribution in [0.1, 0.15) is 87.6 Å². The Morgan fingerprint density at radius 2 is 1.94 bits per heavy atom. The van der Waals surface area contributed by atoms with Crippen molar-refractivity contribution in [1.82, 2.24) is 15.1 Å². The quantitative estimate of drug-likeness (QED) is 0.246. The molecule has 0 spiro atoms. The molecule has 2 bridgehead atoms. The van der Waals surface area contributed by atoms with E-state index >= 15 is 0 Å². The minimum absolute atomic E-state index is 0. The van der Waals surface area contributed by atoms with E-state index in [2.05, 4.69) is 64.8 Å². The smallest absolute Gasteiger partial charge is 0.444 e. The average molecular weight is 679 g/mol. The van der Waals surface area contributed by atoms with Gasteiger partial charge in [0.25, 0.3) is 0 Å². The van der Waals surface area contributed by atoms with Gasteiger partial charge in [0.05, 0.1) is 30.3 Å². The maximum absolute atomic E-state index is 13.7. The first-order chi connectivity index (χ1) is 23.0. The molecule has 3 heterocycles. The first-order valence-corrected chi connectivity index (χ1v) is 18.2. The van der Waals surface area contributed by atoms with Crippen LogP contribution in [-0.4, -0.2) is 84.4 Å². The van der Waals surface area contributed by atoms with Gasteiger partial charge in [-0.3, -0.25) is 9.69 Å². The maximum Gasteiger partial charge on any atom is 0.482 e. The number of amides is 2. The Labute approximate surface area is 293 Å². The number of nitriles is 1. The third kappa shape index (κ3) is 7.29. The van der Waals surface area contributed by atoms with Crippen molar-refractivity contribution in [2.45, 2.75) is 116 Å². The summed E-state index contributed by atoms with van der Waals surface area (Å²) in [6, 6.07) is 8.41. The molecular weight excluding hydrogens is 622 g/mol. The van der Waals surface area contributed by atoms with Crippen molar-refractivity contribution >= 4 is 19.1 Å². The molecule has 3 saturated carbocycles. The minimum Gasteiger partial charge on any atom is -0.444 e. The molecule has 7 atom stereocenters. The van der Waals surface area contributed by atoms with Crippen molar-refractivity contribution in [3.63, 3.8) is 0 Å². The van der Waals surface area contributed by atoms with Crippen LogP contribution in [0, 0.1) is 45.7 Å². The number of carbonyl (C=O) groups excluding carboxylic acids is 2. The largest absolute Gasteiger partial charge is 0.482 e. The van der Waals surface area contributed by atoms with E-state index in [1.165, 1.54) is 12.1 Å². The summed E-state index contributed by atoms with van der Waals surface area (Å²) in [4.78, 5) is 31.0. The first-order valence-electron chi connectivity index (χ1n) is 18.2. The van der Waals surface area contributed by atoms with Crippen LogP contribution >= 0.6 is 0 Å². The van der Waals surface area contributed by atoms with E-state index in [4.69, 9.17) is 14.0 Å². The summed E-state index contributed by atoms with van der Waals surface area (Å²) < 4.78 is 32.9. The number of hydrogen-bond acceptors (Lipinski definition) is 7. The molecule has 1 N–H and O–H groups in total. The normalized spacial score (nSPS) is 31.8. The van der Waals surface area contributed by atoms with Crippen LogP contribution in [0.15, 0.2) is 36.4 Å². The Hall–Kier alpha value is -2.94. The SMILES string of the molecule is CC1(C)CCN(C(C)(C)C=CC(C#N)C(=O)N2CCC[C@H](OC(=O)N[C@@H](Cc3ccc(F)cc3)B3O[C@@H]4CC5CC(C5(C)C)[C@]4(C)O3)C2)C1.[HH]. The molecule has 3 saturated heterocycles. The highest BCUT2D eigenvalue weighted by molar-refractivity contribution is 6.47. The zero-order valence-electron chi connectivity index (χ0n) is 30.3. The van der Waals surface area contributed by atoms with Gasteiger partial charge >= 0.3 is 13.2 Å². The summed E-state index contributed by atoms with van der Waals surface area (Å²) in [5.74, 6) is -1.14.